The molecule has 2 nitrogen and oxygen atoms in total. The average molecular weight is 285 g/mol. The van der Waals surface area contributed by atoms with Crippen LogP contribution in [-0.2, 0) is 4.79 Å². The summed E-state index contributed by atoms with van der Waals surface area (Å²) in [5, 5.41) is 0. The third-order valence-electron chi connectivity index (χ3n) is 4.27. The molecule has 0 spiro atoms. The quantitative estimate of drug-likeness (QED) is 0.770. The molecule has 2 heteroatoms. The number of amides is 1. The first-order chi connectivity index (χ1) is 10.1. The van der Waals surface area contributed by atoms with Gasteiger partial charge in [0.05, 0.1) is 0 Å². The molecule has 1 atom stereocenters. The predicted octanol–water partition coefficient (Wildman–Crippen LogP) is 4.66. The smallest absolute Gasteiger partial charge is 0.254 e. The van der Waals surface area contributed by atoms with Crippen LogP contribution in [0.5, 0.6) is 0 Å². The van der Waals surface area contributed by atoms with Gasteiger partial charge in [0.15, 0.2) is 0 Å². The summed E-state index contributed by atoms with van der Waals surface area (Å²) in [6, 6.07) is 10.7. The predicted molar refractivity (Wildman–Crippen MR) is 88.9 cm³/mol. The summed E-state index contributed by atoms with van der Waals surface area (Å²) >= 11 is 0. The van der Waals surface area contributed by atoms with Crippen molar-refractivity contribution >= 4 is 11.5 Å². The molecule has 1 heterocycles. The lowest BCUT2D eigenvalue weighted by atomic mass is 9.86. The zero-order valence-electron chi connectivity index (χ0n) is 13.7. The van der Waals surface area contributed by atoms with E-state index in [1.165, 1.54) is 12.0 Å². The summed E-state index contributed by atoms with van der Waals surface area (Å²) in [6.45, 7) is 8.59. The van der Waals surface area contributed by atoms with Crippen LogP contribution in [0.4, 0.5) is 0 Å². The molecular weight excluding hydrogens is 258 g/mol. The Morgan fingerprint density at radius 2 is 1.90 bits per heavy atom. The van der Waals surface area contributed by atoms with Crippen LogP contribution in [0.25, 0.3) is 5.57 Å². The maximum Gasteiger partial charge on any atom is 0.254 e. The van der Waals surface area contributed by atoms with E-state index in [0.717, 1.165) is 30.4 Å². The number of nitrogens with zero attached hydrogens (tertiary/aromatic N) is 1. The molecule has 0 fully saturated rings. The van der Waals surface area contributed by atoms with Crippen LogP contribution in [0.15, 0.2) is 35.9 Å². The van der Waals surface area contributed by atoms with E-state index in [0.29, 0.717) is 6.04 Å². The van der Waals surface area contributed by atoms with E-state index in [1.807, 2.05) is 23.1 Å². The lowest BCUT2D eigenvalue weighted by molar-refractivity contribution is -0.129. The number of unbranched alkanes of at least 4 members (excludes halogenated alkanes) is 1. The van der Waals surface area contributed by atoms with Crippen LogP contribution in [0.2, 0.25) is 0 Å². The van der Waals surface area contributed by atoms with Crippen LogP contribution < -0.4 is 0 Å². The van der Waals surface area contributed by atoms with Gasteiger partial charge in [-0.3, -0.25) is 4.79 Å². The zero-order valence-corrected chi connectivity index (χ0v) is 13.7. The number of hydrogen-bond acceptors (Lipinski definition) is 1. The monoisotopic (exact) mass is 285 g/mol. The van der Waals surface area contributed by atoms with Gasteiger partial charge in [-0.05, 0) is 45.6 Å². The number of carbonyl (C=O) groups is 1. The Morgan fingerprint density at radius 3 is 2.48 bits per heavy atom. The van der Waals surface area contributed by atoms with Gasteiger partial charge in [-0.15, -0.1) is 0 Å². The van der Waals surface area contributed by atoms with Gasteiger partial charge in [-0.2, -0.15) is 0 Å². The molecule has 0 radical (unpaired) electrons. The minimum atomic E-state index is 0.209. The van der Waals surface area contributed by atoms with Crippen molar-refractivity contribution in [2.75, 3.05) is 0 Å². The van der Waals surface area contributed by atoms with E-state index in [4.69, 9.17) is 0 Å². The molecule has 1 aliphatic rings. The van der Waals surface area contributed by atoms with Gasteiger partial charge >= 0.3 is 0 Å². The fourth-order valence-corrected chi connectivity index (χ4v) is 3.33. The van der Waals surface area contributed by atoms with E-state index >= 15 is 0 Å². The normalized spacial score (nSPS) is 19.6. The van der Waals surface area contributed by atoms with E-state index in [1.54, 1.807) is 0 Å². The molecule has 0 aromatic heterocycles. The summed E-state index contributed by atoms with van der Waals surface area (Å²) in [5.41, 5.74) is 3.37. The number of rotatable bonds is 5. The Balaban J connectivity index is 2.46. The fraction of sp³-hybridized carbons (Fsp3) is 0.526. The fourth-order valence-electron chi connectivity index (χ4n) is 3.33. The molecule has 1 amide bonds. The SMILES string of the molecule is CCCCC1=C(c2ccccc2)C(=O)N(C(C)C)[C@H](C)C1. The Bertz CT molecular complexity index is 516. The van der Waals surface area contributed by atoms with E-state index < -0.39 is 0 Å². The summed E-state index contributed by atoms with van der Waals surface area (Å²) in [5.74, 6) is 0.209. The minimum Gasteiger partial charge on any atom is -0.333 e. The maximum absolute atomic E-state index is 13.0. The summed E-state index contributed by atoms with van der Waals surface area (Å²) in [7, 11) is 0. The molecule has 114 valence electrons. The van der Waals surface area contributed by atoms with Crippen LogP contribution >= 0.6 is 0 Å². The Labute approximate surface area is 128 Å². The van der Waals surface area contributed by atoms with Gasteiger partial charge in [-0.1, -0.05) is 49.2 Å². The van der Waals surface area contributed by atoms with Crippen LogP contribution in [-0.4, -0.2) is 22.9 Å². The van der Waals surface area contributed by atoms with E-state index in [9.17, 15) is 4.79 Å². The van der Waals surface area contributed by atoms with Crippen molar-refractivity contribution in [1.29, 1.82) is 0 Å². The number of carbonyl (C=O) groups excluding carboxylic acids is 1. The molecule has 1 aromatic carbocycles. The van der Waals surface area contributed by atoms with Gasteiger partial charge in [0.2, 0.25) is 0 Å². The van der Waals surface area contributed by atoms with Gasteiger partial charge in [0.25, 0.3) is 5.91 Å². The van der Waals surface area contributed by atoms with Crippen LogP contribution in [0.1, 0.15) is 58.9 Å². The molecule has 0 saturated carbocycles. The summed E-state index contributed by atoms with van der Waals surface area (Å²) in [6.07, 6.45) is 4.38. The lowest BCUT2D eigenvalue weighted by Gasteiger charge is -2.39. The van der Waals surface area contributed by atoms with Crippen molar-refractivity contribution in [1.82, 2.24) is 4.90 Å². The molecule has 2 rings (SSSR count). The molecule has 0 bridgehead atoms. The molecular formula is C19H27NO. The second-order valence-electron chi connectivity index (χ2n) is 6.31. The zero-order chi connectivity index (χ0) is 15.4. The summed E-state index contributed by atoms with van der Waals surface area (Å²) in [4.78, 5) is 15.1. The second-order valence-corrected chi connectivity index (χ2v) is 6.31. The Kier molecular flexibility index (Phi) is 5.22. The highest BCUT2D eigenvalue weighted by molar-refractivity contribution is 6.21. The highest BCUT2D eigenvalue weighted by atomic mass is 16.2. The third kappa shape index (κ3) is 3.37. The van der Waals surface area contributed by atoms with Crippen LogP contribution in [0, 0.1) is 0 Å². The molecule has 1 aliphatic heterocycles. The van der Waals surface area contributed by atoms with Gasteiger partial charge in [0, 0.05) is 17.7 Å². The van der Waals surface area contributed by atoms with Crippen molar-refractivity contribution in [3.05, 3.63) is 41.5 Å². The number of hydrogen-bond donors (Lipinski definition) is 0. The first-order valence-electron chi connectivity index (χ1n) is 8.16. The lowest BCUT2D eigenvalue weighted by Crippen LogP contribution is -2.47. The van der Waals surface area contributed by atoms with Crippen molar-refractivity contribution in [2.45, 2.75) is 65.5 Å². The number of benzene rings is 1. The highest BCUT2D eigenvalue weighted by Gasteiger charge is 2.33. The van der Waals surface area contributed by atoms with Gasteiger partial charge in [0.1, 0.15) is 0 Å². The first-order valence-corrected chi connectivity index (χ1v) is 8.16. The van der Waals surface area contributed by atoms with Crippen molar-refractivity contribution in [2.24, 2.45) is 0 Å². The minimum absolute atomic E-state index is 0.209. The molecule has 0 N–H and O–H groups in total. The van der Waals surface area contributed by atoms with Crippen molar-refractivity contribution in [3.8, 4) is 0 Å². The third-order valence-corrected chi connectivity index (χ3v) is 4.27. The first kappa shape index (κ1) is 15.8. The molecule has 21 heavy (non-hydrogen) atoms. The van der Waals surface area contributed by atoms with Crippen molar-refractivity contribution < 1.29 is 4.79 Å². The highest BCUT2D eigenvalue weighted by Crippen LogP contribution is 2.34. The summed E-state index contributed by atoms with van der Waals surface area (Å²) < 4.78 is 0. The molecule has 0 unspecified atom stereocenters. The maximum atomic E-state index is 13.0. The topological polar surface area (TPSA) is 20.3 Å². The largest absolute Gasteiger partial charge is 0.333 e. The Morgan fingerprint density at radius 1 is 1.24 bits per heavy atom. The van der Waals surface area contributed by atoms with Crippen molar-refractivity contribution in [3.63, 3.8) is 0 Å². The van der Waals surface area contributed by atoms with E-state index in [2.05, 4.69) is 39.8 Å². The molecule has 0 aliphatic carbocycles. The molecule has 0 saturated heterocycles. The van der Waals surface area contributed by atoms with Gasteiger partial charge < -0.3 is 4.90 Å². The average Bonchev–Trinajstić information content (AvgIpc) is 2.45. The van der Waals surface area contributed by atoms with Crippen LogP contribution in [0.3, 0.4) is 0 Å². The second kappa shape index (κ2) is 6.93. The van der Waals surface area contributed by atoms with Gasteiger partial charge in [-0.25, -0.2) is 0 Å². The Hall–Kier alpha value is -1.57. The molecule has 1 aromatic rings. The standard InChI is InChI=1S/C19H27NO/c1-5-6-10-17-13-15(4)20(14(2)3)19(21)18(17)16-11-8-7-9-12-16/h7-9,11-12,14-15H,5-6,10,13H2,1-4H3/t15-/m1/s1. The van der Waals surface area contributed by atoms with E-state index in [-0.39, 0.29) is 11.9 Å².